The van der Waals surface area contributed by atoms with Crippen molar-refractivity contribution < 1.29 is 21.2 Å². The molecule has 2 aromatic carbocycles. The SMILES string of the molecule is CCC(c1ccc(NC2CCN(S(C)(=O)=O)CC2)cc1F)N1CCCC(c2ccccc2)S1(=O)=O. The molecular formula is C25H34FN3O4S2. The Balaban J connectivity index is 1.50. The number of nitrogens with one attached hydrogen (secondary N) is 1. The van der Waals surface area contributed by atoms with Crippen LogP contribution in [0.15, 0.2) is 48.5 Å². The van der Waals surface area contributed by atoms with Crippen molar-refractivity contribution >= 4 is 25.7 Å². The molecule has 2 heterocycles. The van der Waals surface area contributed by atoms with Crippen LogP contribution in [0.2, 0.25) is 0 Å². The number of rotatable bonds is 7. The summed E-state index contributed by atoms with van der Waals surface area (Å²) in [4.78, 5) is 0. The Bertz CT molecular complexity index is 1230. The van der Waals surface area contributed by atoms with Gasteiger partial charge in [-0.3, -0.25) is 0 Å². The van der Waals surface area contributed by atoms with E-state index >= 15 is 4.39 Å². The minimum absolute atomic E-state index is 0.0503. The van der Waals surface area contributed by atoms with Crippen LogP contribution in [0.3, 0.4) is 0 Å². The zero-order valence-electron chi connectivity index (χ0n) is 20.2. The van der Waals surface area contributed by atoms with E-state index in [1.807, 2.05) is 37.3 Å². The van der Waals surface area contributed by atoms with Crippen molar-refractivity contribution in [1.29, 1.82) is 0 Å². The maximum Gasteiger partial charge on any atom is 0.221 e. The van der Waals surface area contributed by atoms with Crippen LogP contribution in [0.5, 0.6) is 0 Å². The molecule has 2 aliphatic rings. The van der Waals surface area contributed by atoms with Crippen molar-refractivity contribution in [3.63, 3.8) is 0 Å². The summed E-state index contributed by atoms with van der Waals surface area (Å²) in [5, 5.41) is 2.69. The Morgan fingerprint density at radius 1 is 1.06 bits per heavy atom. The van der Waals surface area contributed by atoms with Gasteiger partial charge in [0.15, 0.2) is 0 Å². The van der Waals surface area contributed by atoms with E-state index in [-0.39, 0.29) is 6.04 Å². The number of sulfonamides is 2. The van der Waals surface area contributed by atoms with Gasteiger partial charge < -0.3 is 5.32 Å². The van der Waals surface area contributed by atoms with Gasteiger partial charge in [-0.25, -0.2) is 25.5 Å². The third-order valence-corrected chi connectivity index (χ3v) is 10.7. The van der Waals surface area contributed by atoms with E-state index in [2.05, 4.69) is 5.32 Å². The van der Waals surface area contributed by atoms with Crippen molar-refractivity contribution in [2.24, 2.45) is 0 Å². The van der Waals surface area contributed by atoms with Gasteiger partial charge in [0.1, 0.15) is 11.1 Å². The van der Waals surface area contributed by atoms with E-state index in [9.17, 15) is 16.8 Å². The Hall–Kier alpha value is -2.01. The van der Waals surface area contributed by atoms with Gasteiger partial charge in [-0.1, -0.05) is 43.3 Å². The summed E-state index contributed by atoms with van der Waals surface area (Å²) in [6.07, 6.45) is 4.24. The lowest BCUT2D eigenvalue weighted by Gasteiger charge is -2.38. The van der Waals surface area contributed by atoms with Crippen LogP contribution < -0.4 is 5.32 Å². The number of benzene rings is 2. The first-order chi connectivity index (χ1) is 16.6. The Morgan fingerprint density at radius 2 is 1.74 bits per heavy atom. The number of piperidine rings is 1. The molecule has 2 aromatic rings. The summed E-state index contributed by atoms with van der Waals surface area (Å²) in [6.45, 7) is 3.13. The molecule has 10 heteroatoms. The molecule has 192 valence electrons. The lowest BCUT2D eigenvalue weighted by Crippen LogP contribution is -2.42. The van der Waals surface area contributed by atoms with Gasteiger partial charge in [0, 0.05) is 36.9 Å². The average molecular weight is 524 g/mol. The molecule has 0 radical (unpaired) electrons. The van der Waals surface area contributed by atoms with E-state index in [1.165, 1.54) is 20.9 Å². The van der Waals surface area contributed by atoms with Crippen LogP contribution in [-0.2, 0) is 20.0 Å². The van der Waals surface area contributed by atoms with Crippen LogP contribution in [0, 0.1) is 5.82 Å². The molecule has 2 aliphatic heterocycles. The molecule has 1 N–H and O–H groups in total. The summed E-state index contributed by atoms with van der Waals surface area (Å²) in [5.41, 5.74) is 1.76. The molecule has 0 bridgehead atoms. The second kappa shape index (κ2) is 10.5. The van der Waals surface area contributed by atoms with Crippen molar-refractivity contribution in [2.75, 3.05) is 31.2 Å². The Kier molecular flexibility index (Phi) is 7.85. The number of halogens is 1. The maximum atomic E-state index is 15.3. The van der Waals surface area contributed by atoms with Gasteiger partial charge in [-0.05, 0) is 49.8 Å². The molecule has 2 atom stereocenters. The normalized spacial score (nSPS) is 23.1. The highest BCUT2D eigenvalue weighted by atomic mass is 32.2. The van der Waals surface area contributed by atoms with Crippen molar-refractivity contribution in [3.8, 4) is 0 Å². The topological polar surface area (TPSA) is 86.8 Å². The standard InChI is InChI=1S/C25H34FN3O4S2/c1-3-24(29-15-7-10-25(35(29,32)33)19-8-5-4-6-9-19)22-12-11-21(18-23(22)26)27-20-13-16-28(17-14-20)34(2,30)31/h4-6,8-9,11-12,18,20,24-25,27H,3,7,10,13-17H2,1-2H3. The van der Waals surface area contributed by atoms with Gasteiger partial charge in [0.25, 0.3) is 0 Å². The molecule has 0 amide bonds. The highest BCUT2D eigenvalue weighted by molar-refractivity contribution is 7.89. The minimum Gasteiger partial charge on any atom is -0.382 e. The monoisotopic (exact) mass is 523 g/mol. The quantitative estimate of drug-likeness (QED) is 0.586. The molecule has 4 rings (SSSR count). The first kappa shape index (κ1) is 26.1. The van der Waals surface area contributed by atoms with Gasteiger partial charge in [-0.15, -0.1) is 0 Å². The highest BCUT2D eigenvalue weighted by Gasteiger charge is 2.41. The molecule has 7 nitrogen and oxygen atoms in total. The first-order valence-electron chi connectivity index (χ1n) is 12.2. The van der Waals surface area contributed by atoms with Crippen molar-refractivity contribution in [1.82, 2.24) is 8.61 Å². The van der Waals surface area contributed by atoms with Crippen LogP contribution in [0.1, 0.15) is 61.4 Å². The van der Waals surface area contributed by atoms with Gasteiger partial charge in [0.2, 0.25) is 20.0 Å². The third kappa shape index (κ3) is 5.71. The fourth-order valence-electron chi connectivity index (χ4n) is 5.24. The molecule has 0 aromatic heterocycles. The van der Waals surface area contributed by atoms with E-state index in [0.29, 0.717) is 56.6 Å². The third-order valence-electron chi connectivity index (χ3n) is 7.09. The summed E-state index contributed by atoms with van der Waals surface area (Å²) >= 11 is 0. The van der Waals surface area contributed by atoms with Crippen LogP contribution >= 0.6 is 0 Å². The molecule has 2 saturated heterocycles. The summed E-state index contributed by atoms with van der Waals surface area (Å²) in [7, 11) is -6.84. The molecule has 2 fully saturated rings. The molecule has 0 spiro atoms. The minimum atomic E-state index is -3.65. The number of nitrogens with zero attached hydrogens (tertiary/aromatic N) is 2. The lowest BCUT2D eigenvalue weighted by atomic mass is 10.0. The first-order valence-corrected chi connectivity index (χ1v) is 15.5. The highest BCUT2D eigenvalue weighted by Crippen LogP contribution is 2.40. The fourth-order valence-corrected chi connectivity index (χ4v) is 8.41. The summed E-state index contributed by atoms with van der Waals surface area (Å²) in [5.74, 6) is -0.438. The summed E-state index contributed by atoms with van der Waals surface area (Å²) in [6, 6.07) is 13.6. The second-order valence-corrected chi connectivity index (χ2v) is 13.5. The predicted molar refractivity (Wildman–Crippen MR) is 137 cm³/mol. The largest absolute Gasteiger partial charge is 0.382 e. The van der Waals surface area contributed by atoms with Crippen LogP contribution in [0.4, 0.5) is 10.1 Å². The number of anilines is 1. The average Bonchev–Trinajstić information content (AvgIpc) is 2.82. The van der Waals surface area contributed by atoms with Gasteiger partial charge in [0.05, 0.1) is 12.3 Å². The van der Waals surface area contributed by atoms with E-state index in [1.54, 1.807) is 12.1 Å². The zero-order valence-corrected chi connectivity index (χ0v) is 21.9. The molecule has 0 saturated carbocycles. The predicted octanol–water partition coefficient (Wildman–Crippen LogP) is 4.28. The van der Waals surface area contributed by atoms with Crippen molar-refractivity contribution in [2.45, 2.75) is 56.4 Å². The molecular weight excluding hydrogens is 489 g/mol. The van der Waals surface area contributed by atoms with E-state index < -0.39 is 37.2 Å². The second-order valence-electron chi connectivity index (χ2n) is 9.44. The smallest absolute Gasteiger partial charge is 0.221 e. The number of hydrogen-bond acceptors (Lipinski definition) is 5. The fraction of sp³-hybridized carbons (Fsp3) is 0.520. The van der Waals surface area contributed by atoms with Crippen molar-refractivity contribution in [3.05, 3.63) is 65.5 Å². The van der Waals surface area contributed by atoms with Gasteiger partial charge >= 0.3 is 0 Å². The summed E-state index contributed by atoms with van der Waals surface area (Å²) < 4.78 is 68.8. The zero-order chi connectivity index (χ0) is 25.2. The van der Waals surface area contributed by atoms with Crippen LogP contribution in [0.25, 0.3) is 0 Å². The van der Waals surface area contributed by atoms with Crippen LogP contribution in [-0.4, -0.2) is 57.4 Å². The maximum absolute atomic E-state index is 15.3. The molecule has 35 heavy (non-hydrogen) atoms. The van der Waals surface area contributed by atoms with E-state index in [4.69, 9.17) is 0 Å². The number of hydrogen-bond donors (Lipinski definition) is 1. The Morgan fingerprint density at radius 3 is 2.34 bits per heavy atom. The molecule has 0 aliphatic carbocycles. The molecule has 2 unspecified atom stereocenters. The lowest BCUT2D eigenvalue weighted by molar-refractivity contribution is 0.282. The van der Waals surface area contributed by atoms with Gasteiger partial charge in [-0.2, -0.15) is 4.31 Å². The van der Waals surface area contributed by atoms with E-state index in [0.717, 1.165) is 12.0 Å². The Labute approximate surface area is 208 Å².